The van der Waals surface area contributed by atoms with Crippen LogP contribution >= 0.6 is 22.9 Å². The monoisotopic (exact) mass is 245 g/mol. The molecule has 1 aliphatic rings. The molecule has 2 heterocycles. The second-order valence-electron chi connectivity index (χ2n) is 3.66. The molecule has 0 amide bonds. The van der Waals surface area contributed by atoms with E-state index in [4.69, 9.17) is 16.7 Å². The van der Waals surface area contributed by atoms with E-state index in [1.54, 1.807) is 6.07 Å². The third-order valence-corrected chi connectivity index (χ3v) is 4.10. The first-order valence-corrected chi connectivity index (χ1v) is 6.11. The van der Waals surface area contributed by atoms with Crippen molar-refractivity contribution in [3.63, 3.8) is 0 Å². The highest BCUT2D eigenvalue weighted by atomic mass is 35.5. The number of carbonyl (C=O) groups is 1. The van der Waals surface area contributed by atoms with E-state index in [0.717, 1.165) is 30.8 Å². The van der Waals surface area contributed by atoms with Crippen LogP contribution < -0.4 is 5.32 Å². The molecule has 1 aliphatic heterocycles. The van der Waals surface area contributed by atoms with Crippen LogP contribution in [0.25, 0.3) is 0 Å². The van der Waals surface area contributed by atoms with Gasteiger partial charge in [-0.05, 0) is 37.9 Å². The molecule has 3 nitrogen and oxygen atoms in total. The van der Waals surface area contributed by atoms with Gasteiger partial charge in [0, 0.05) is 4.88 Å². The van der Waals surface area contributed by atoms with Crippen molar-refractivity contribution in [2.75, 3.05) is 13.1 Å². The van der Waals surface area contributed by atoms with E-state index in [9.17, 15) is 4.79 Å². The topological polar surface area (TPSA) is 49.3 Å². The molecule has 0 bridgehead atoms. The molecule has 0 radical (unpaired) electrons. The van der Waals surface area contributed by atoms with Gasteiger partial charge in [0.1, 0.15) is 0 Å². The molecule has 5 heteroatoms. The molecule has 82 valence electrons. The van der Waals surface area contributed by atoms with E-state index >= 15 is 0 Å². The van der Waals surface area contributed by atoms with Gasteiger partial charge in [-0.1, -0.05) is 11.6 Å². The van der Waals surface area contributed by atoms with Gasteiger partial charge in [-0.2, -0.15) is 0 Å². The molecule has 1 saturated heterocycles. The molecule has 0 spiro atoms. The number of aromatic carboxylic acids is 1. The SMILES string of the molecule is O=C(O)c1cc(Cl)sc1C1CCNCC1. The van der Waals surface area contributed by atoms with Gasteiger partial charge in [-0.15, -0.1) is 11.3 Å². The summed E-state index contributed by atoms with van der Waals surface area (Å²) in [5.74, 6) is -0.512. The summed E-state index contributed by atoms with van der Waals surface area (Å²) in [5.41, 5.74) is 0.386. The maximum atomic E-state index is 11.0. The number of hydrogen-bond donors (Lipinski definition) is 2. The second kappa shape index (κ2) is 4.51. The maximum absolute atomic E-state index is 11.0. The molecule has 1 aromatic heterocycles. The van der Waals surface area contributed by atoms with Crippen LogP contribution in [0.3, 0.4) is 0 Å². The zero-order valence-corrected chi connectivity index (χ0v) is 9.70. The van der Waals surface area contributed by atoms with Crippen LogP contribution in [-0.4, -0.2) is 24.2 Å². The van der Waals surface area contributed by atoms with E-state index in [1.807, 2.05) is 0 Å². The summed E-state index contributed by atoms with van der Waals surface area (Å²) >= 11 is 7.27. The van der Waals surface area contributed by atoms with Crippen LogP contribution in [-0.2, 0) is 0 Å². The summed E-state index contributed by atoms with van der Waals surface area (Å²) in [7, 11) is 0. The quantitative estimate of drug-likeness (QED) is 0.842. The molecular formula is C10H12ClNO2S. The predicted molar refractivity (Wildman–Crippen MR) is 61.1 cm³/mol. The Balaban J connectivity index is 2.28. The number of carboxylic acid groups (broad SMARTS) is 1. The lowest BCUT2D eigenvalue weighted by atomic mass is 9.94. The number of thiophene rings is 1. The van der Waals surface area contributed by atoms with Crippen LogP contribution in [0, 0.1) is 0 Å². The smallest absolute Gasteiger partial charge is 0.336 e. The molecule has 2 N–H and O–H groups in total. The van der Waals surface area contributed by atoms with Crippen molar-refractivity contribution in [3.05, 3.63) is 20.8 Å². The second-order valence-corrected chi connectivity index (χ2v) is 5.37. The van der Waals surface area contributed by atoms with Crippen LogP contribution in [0.4, 0.5) is 0 Å². The van der Waals surface area contributed by atoms with Gasteiger partial charge < -0.3 is 10.4 Å². The van der Waals surface area contributed by atoms with Crippen molar-refractivity contribution >= 4 is 28.9 Å². The summed E-state index contributed by atoms with van der Waals surface area (Å²) in [6.07, 6.45) is 1.99. The van der Waals surface area contributed by atoms with E-state index in [0.29, 0.717) is 15.8 Å². The molecule has 0 saturated carbocycles. The van der Waals surface area contributed by atoms with Gasteiger partial charge in [-0.3, -0.25) is 0 Å². The lowest BCUT2D eigenvalue weighted by Gasteiger charge is -2.22. The van der Waals surface area contributed by atoms with Crippen LogP contribution in [0.1, 0.15) is 34.0 Å². The largest absolute Gasteiger partial charge is 0.478 e. The summed E-state index contributed by atoms with van der Waals surface area (Å²) in [6, 6.07) is 1.56. The van der Waals surface area contributed by atoms with Gasteiger partial charge >= 0.3 is 5.97 Å². The third-order valence-electron chi connectivity index (χ3n) is 2.67. The Morgan fingerprint density at radius 3 is 2.80 bits per heavy atom. The van der Waals surface area contributed by atoms with Gasteiger partial charge in [0.15, 0.2) is 0 Å². The summed E-state index contributed by atoms with van der Waals surface area (Å²) in [5, 5.41) is 12.3. The van der Waals surface area contributed by atoms with Crippen molar-refractivity contribution < 1.29 is 9.90 Å². The van der Waals surface area contributed by atoms with Gasteiger partial charge in [0.25, 0.3) is 0 Å². The first kappa shape index (κ1) is 10.9. The van der Waals surface area contributed by atoms with Crippen LogP contribution in [0.2, 0.25) is 4.34 Å². The highest BCUT2D eigenvalue weighted by Crippen LogP contribution is 2.36. The molecular weight excluding hydrogens is 234 g/mol. The van der Waals surface area contributed by atoms with E-state index in [2.05, 4.69) is 5.32 Å². The fourth-order valence-corrected chi connectivity index (χ4v) is 3.33. The van der Waals surface area contributed by atoms with Gasteiger partial charge in [0.05, 0.1) is 9.90 Å². The van der Waals surface area contributed by atoms with Crippen molar-refractivity contribution in [1.82, 2.24) is 5.32 Å². The standard InChI is InChI=1S/C10H12ClNO2S/c11-8-5-7(10(13)14)9(15-8)6-1-3-12-4-2-6/h5-6,12H,1-4H2,(H,13,14). The van der Waals surface area contributed by atoms with E-state index < -0.39 is 5.97 Å². The van der Waals surface area contributed by atoms with Crippen molar-refractivity contribution in [2.24, 2.45) is 0 Å². The molecule has 0 unspecified atom stereocenters. The number of halogens is 1. The molecule has 2 rings (SSSR count). The van der Waals surface area contributed by atoms with Crippen molar-refractivity contribution in [2.45, 2.75) is 18.8 Å². The Kier molecular flexibility index (Phi) is 3.29. The van der Waals surface area contributed by atoms with E-state index in [-0.39, 0.29) is 0 Å². The fraction of sp³-hybridized carbons (Fsp3) is 0.500. The minimum atomic E-state index is -0.869. The molecule has 1 aromatic rings. The number of nitrogens with one attached hydrogen (secondary N) is 1. The highest BCUT2D eigenvalue weighted by Gasteiger charge is 2.23. The highest BCUT2D eigenvalue weighted by molar-refractivity contribution is 7.16. The first-order valence-electron chi connectivity index (χ1n) is 4.91. The van der Waals surface area contributed by atoms with Gasteiger partial charge in [0.2, 0.25) is 0 Å². The van der Waals surface area contributed by atoms with E-state index in [1.165, 1.54) is 11.3 Å². The minimum Gasteiger partial charge on any atom is -0.478 e. The maximum Gasteiger partial charge on any atom is 0.336 e. The normalized spacial score (nSPS) is 17.9. The molecule has 15 heavy (non-hydrogen) atoms. The lowest BCUT2D eigenvalue weighted by molar-refractivity contribution is 0.0695. The molecule has 0 atom stereocenters. The van der Waals surface area contributed by atoms with Gasteiger partial charge in [-0.25, -0.2) is 4.79 Å². The zero-order chi connectivity index (χ0) is 10.8. The fourth-order valence-electron chi connectivity index (χ4n) is 1.93. The summed E-state index contributed by atoms with van der Waals surface area (Å²) in [4.78, 5) is 11.9. The first-order chi connectivity index (χ1) is 7.18. The predicted octanol–water partition coefficient (Wildman–Crippen LogP) is 2.57. The van der Waals surface area contributed by atoms with Crippen molar-refractivity contribution in [1.29, 1.82) is 0 Å². The Hall–Kier alpha value is -0.580. The Morgan fingerprint density at radius 2 is 2.20 bits per heavy atom. The van der Waals surface area contributed by atoms with Crippen LogP contribution in [0.5, 0.6) is 0 Å². The lowest BCUT2D eigenvalue weighted by Crippen LogP contribution is -2.26. The number of piperidine rings is 1. The van der Waals surface area contributed by atoms with Crippen molar-refractivity contribution in [3.8, 4) is 0 Å². The number of hydrogen-bond acceptors (Lipinski definition) is 3. The minimum absolute atomic E-state index is 0.356. The Labute approximate surface area is 97.1 Å². The molecule has 1 fully saturated rings. The number of carboxylic acids is 1. The summed E-state index contributed by atoms with van der Waals surface area (Å²) < 4.78 is 0.570. The number of rotatable bonds is 2. The van der Waals surface area contributed by atoms with Crippen LogP contribution in [0.15, 0.2) is 6.07 Å². The zero-order valence-electron chi connectivity index (χ0n) is 8.12. The third kappa shape index (κ3) is 2.33. The molecule has 0 aromatic carbocycles. The average molecular weight is 246 g/mol. The molecule has 0 aliphatic carbocycles. The average Bonchev–Trinajstić information content (AvgIpc) is 2.62. The Morgan fingerprint density at radius 1 is 1.53 bits per heavy atom. The Bertz CT molecular complexity index is 371. The summed E-state index contributed by atoms with van der Waals surface area (Å²) in [6.45, 7) is 1.92.